The molecule has 3 amide bonds. The summed E-state index contributed by atoms with van der Waals surface area (Å²) in [6.07, 6.45) is 0. The quantitative estimate of drug-likeness (QED) is 0.443. The molecule has 0 atom stereocenters. The molecule has 0 aromatic heterocycles. The van der Waals surface area contributed by atoms with Crippen LogP contribution in [0.4, 0.5) is 17.1 Å². The molecule has 8 heteroatoms. The number of hydrogen-bond donors (Lipinski definition) is 5. The fraction of sp³-hybridized carbons (Fsp3) is 0.0455. The van der Waals surface area contributed by atoms with Crippen molar-refractivity contribution in [2.75, 3.05) is 16.0 Å². The minimum atomic E-state index is -0.557. The monoisotopic (exact) mass is 405 g/mol. The Morgan fingerprint density at radius 3 is 1.90 bits per heavy atom. The van der Waals surface area contributed by atoms with Crippen LogP contribution < -0.4 is 16.0 Å². The Bertz CT molecular complexity index is 1130. The molecule has 0 radical (unpaired) electrons. The zero-order valence-electron chi connectivity index (χ0n) is 16.0. The number of aromatic hydroxyl groups is 2. The number of phenols is 2. The van der Waals surface area contributed by atoms with E-state index in [1.807, 2.05) is 0 Å². The average molecular weight is 405 g/mol. The molecule has 0 spiro atoms. The Hall–Kier alpha value is -4.33. The summed E-state index contributed by atoms with van der Waals surface area (Å²) in [5.74, 6) is -1.60. The second kappa shape index (κ2) is 8.78. The highest BCUT2D eigenvalue weighted by molar-refractivity contribution is 6.08. The van der Waals surface area contributed by atoms with E-state index in [4.69, 9.17) is 0 Å². The molecule has 5 N–H and O–H groups in total. The van der Waals surface area contributed by atoms with Gasteiger partial charge in [0, 0.05) is 29.5 Å². The smallest absolute Gasteiger partial charge is 0.259 e. The number of carbonyl (C=O) groups is 3. The molecule has 0 bridgehead atoms. The lowest BCUT2D eigenvalue weighted by Crippen LogP contribution is -2.15. The summed E-state index contributed by atoms with van der Waals surface area (Å²) in [6, 6.07) is 16.4. The topological polar surface area (TPSA) is 128 Å². The standard InChI is InChI=1S/C22H19N3O5/c1-13(26)23-15-10-16(24-21(29)14-5-4-6-18(27)9-14)12-17(11-15)25-22(30)19-7-2-3-8-20(19)28/h2-12,27-28H,1H3,(H,23,26)(H,24,29)(H,25,30). The first kappa shape index (κ1) is 20.4. The lowest BCUT2D eigenvalue weighted by atomic mass is 10.1. The fourth-order valence-electron chi connectivity index (χ4n) is 2.76. The average Bonchev–Trinajstić information content (AvgIpc) is 2.67. The molecule has 0 heterocycles. The molecule has 0 fully saturated rings. The predicted octanol–water partition coefficient (Wildman–Crippen LogP) is 3.56. The van der Waals surface area contributed by atoms with Gasteiger partial charge in [-0.25, -0.2) is 0 Å². The van der Waals surface area contributed by atoms with Gasteiger partial charge in [0.2, 0.25) is 5.91 Å². The van der Waals surface area contributed by atoms with Crippen LogP contribution in [0.3, 0.4) is 0 Å². The molecule has 0 unspecified atom stereocenters. The van der Waals surface area contributed by atoms with Crippen molar-refractivity contribution in [3.63, 3.8) is 0 Å². The highest BCUT2D eigenvalue weighted by atomic mass is 16.3. The molecule has 0 aliphatic carbocycles. The second-order valence-electron chi connectivity index (χ2n) is 6.46. The van der Waals surface area contributed by atoms with Crippen LogP contribution in [0, 0.1) is 0 Å². The van der Waals surface area contributed by atoms with Gasteiger partial charge in [-0.05, 0) is 48.5 Å². The van der Waals surface area contributed by atoms with Crippen molar-refractivity contribution >= 4 is 34.8 Å². The minimum Gasteiger partial charge on any atom is -0.508 e. The van der Waals surface area contributed by atoms with E-state index in [1.54, 1.807) is 12.1 Å². The predicted molar refractivity (Wildman–Crippen MR) is 113 cm³/mol. The summed E-state index contributed by atoms with van der Waals surface area (Å²) in [5.41, 5.74) is 1.26. The van der Waals surface area contributed by atoms with Crippen LogP contribution in [-0.2, 0) is 4.79 Å². The molecular weight excluding hydrogens is 386 g/mol. The van der Waals surface area contributed by atoms with Gasteiger partial charge in [-0.3, -0.25) is 14.4 Å². The first-order valence-corrected chi connectivity index (χ1v) is 8.94. The summed E-state index contributed by atoms with van der Waals surface area (Å²) in [4.78, 5) is 36.4. The molecule has 0 aliphatic heterocycles. The van der Waals surface area contributed by atoms with Crippen LogP contribution in [0.25, 0.3) is 0 Å². The van der Waals surface area contributed by atoms with E-state index in [0.29, 0.717) is 17.1 Å². The molecule has 8 nitrogen and oxygen atoms in total. The Labute approximate surface area is 172 Å². The Morgan fingerprint density at radius 1 is 0.700 bits per heavy atom. The number of hydrogen-bond acceptors (Lipinski definition) is 5. The summed E-state index contributed by atoms with van der Waals surface area (Å²) < 4.78 is 0. The van der Waals surface area contributed by atoms with E-state index < -0.39 is 11.8 Å². The number of carbonyl (C=O) groups excluding carboxylic acids is 3. The van der Waals surface area contributed by atoms with Gasteiger partial charge in [-0.2, -0.15) is 0 Å². The van der Waals surface area contributed by atoms with Crippen LogP contribution in [0.2, 0.25) is 0 Å². The first-order chi connectivity index (χ1) is 14.3. The Kier molecular flexibility index (Phi) is 5.97. The van der Waals surface area contributed by atoms with E-state index in [9.17, 15) is 24.6 Å². The van der Waals surface area contributed by atoms with E-state index >= 15 is 0 Å². The number of amides is 3. The Balaban J connectivity index is 1.88. The summed E-state index contributed by atoms with van der Waals surface area (Å²) in [6.45, 7) is 1.33. The third-order valence-corrected chi connectivity index (χ3v) is 4.03. The molecule has 0 saturated carbocycles. The van der Waals surface area contributed by atoms with Crippen LogP contribution >= 0.6 is 0 Å². The maximum Gasteiger partial charge on any atom is 0.259 e. The fourth-order valence-corrected chi connectivity index (χ4v) is 2.76. The normalized spacial score (nSPS) is 10.2. The number of phenolic OH excluding ortho intramolecular Hbond substituents is 2. The number of benzene rings is 3. The lowest BCUT2D eigenvalue weighted by Gasteiger charge is -2.13. The van der Waals surface area contributed by atoms with Crippen LogP contribution in [0.15, 0.2) is 66.7 Å². The Morgan fingerprint density at radius 2 is 1.30 bits per heavy atom. The van der Waals surface area contributed by atoms with E-state index in [2.05, 4.69) is 16.0 Å². The van der Waals surface area contributed by atoms with E-state index in [-0.39, 0.29) is 28.5 Å². The molecular formula is C22H19N3O5. The number of rotatable bonds is 5. The maximum absolute atomic E-state index is 12.5. The van der Waals surface area contributed by atoms with Gasteiger partial charge in [-0.1, -0.05) is 18.2 Å². The van der Waals surface area contributed by atoms with Crippen molar-refractivity contribution < 1.29 is 24.6 Å². The van der Waals surface area contributed by atoms with Crippen LogP contribution in [0.5, 0.6) is 11.5 Å². The number of para-hydroxylation sites is 1. The second-order valence-corrected chi connectivity index (χ2v) is 6.46. The molecule has 3 rings (SSSR count). The van der Waals surface area contributed by atoms with Gasteiger partial charge in [0.25, 0.3) is 11.8 Å². The van der Waals surface area contributed by atoms with Crippen LogP contribution in [0.1, 0.15) is 27.6 Å². The summed E-state index contributed by atoms with van der Waals surface area (Å²) >= 11 is 0. The maximum atomic E-state index is 12.5. The number of anilines is 3. The van der Waals surface area contributed by atoms with Gasteiger partial charge in [0.1, 0.15) is 11.5 Å². The van der Waals surface area contributed by atoms with Crippen molar-refractivity contribution in [3.05, 3.63) is 77.9 Å². The van der Waals surface area contributed by atoms with Gasteiger partial charge >= 0.3 is 0 Å². The van der Waals surface area contributed by atoms with Crippen molar-refractivity contribution in [3.8, 4) is 11.5 Å². The molecule has 0 saturated heterocycles. The van der Waals surface area contributed by atoms with E-state index in [1.165, 1.54) is 61.5 Å². The highest BCUT2D eigenvalue weighted by Crippen LogP contribution is 2.25. The van der Waals surface area contributed by atoms with Gasteiger partial charge < -0.3 is 26.2 Å². The molecule has 0 aliphatic rings. The van der Waals surface area contributed by atoms with Gasteiger partial charge in [0.05, 0.1) is 5.56 Å². The largest absolute Gasteiger partial charge is 0.508 e. The zero-order valence-corrected chi connectivity index (χ0v) is 16.0. The lowest BCUT2D eigenvalue weighted by molar-refractivity contribution is -0.114. The molecule has 30 heavy (non-hydrogen) atoms. The van der Waals surface area contributed by atoms with Crippen molar-refractivity contribution in [1.82, 2.24) is 0 Å². The molecule has 3 aromatic rings. The first-order valence-electron chi connectivity index (χ1n) is 8.94. The SMILES string of the molecule is CC(=O)Nc1cc(NC(=O)c2cccc(O)c2)cc(NC(=O)c2ccccc2O)c1. The van der Waals surface area contributed by atoms with Crippen molar-refractivity contribution in [2.45, 2.75) is 6.92 Å². The molecule has 152 valence electrons. The zero-order chi connectivity index (χ0) is 21.7. The minimum absolute atomic E-state index is 0.0507. The van der Waals surface area contributed by atoms with Crippen LogP contribution in [-0.4, -0.2) is 27.9 Å². The van der Waals surface area contributed by atoms with Gasteiger partial charge in [-0.15, -0.1) is 0 Å². The number of nitrogens with one attached hydrogen (secondary N) is 3. The highest BCUT2D eigenvalue weighted by Gasteiger charge is 2.13. The van der Waals surface area contributed by atoms with Gasteiger partial charge in [0.15, 0.2) is 0 Å². The van der Waals surface area contributed by atoms with Crippen molar-refractivity contribution in [1.29, 1.82) is 0 Å². The van der Waals surface area contributed by atoms with E-state index in [0.717, 1.165) is 0 Å². The molecule has 3 aromatic carbocycles. The third-order valence-electron chi connectivity index (χ3n) is 4.03. The third kappa shape index (κ3) is 5.14. The van der Waals surface area contributed by atoms with Crippen molar-refractivity contribution in [2.24, 2.45) is 0 Å². The summed E-state index contributed by atoms with van der Waals surface area (Å²) in [5, 5.41) is 27.3. The summed E-state index contributed by atoms with van der Waals surface area (Å²) in [7, 11) is 0.